The summed E-state index contributed by atoms with van der Waals surface area (Å²) in [5, 5.41) is 0. The molecule has 0 saturated heterocycles. The third-order valence-corrected chi connectivity index (χ3v) is 2.27. The van der Waals surface area contributed by atoms with Gasteiger partial charge in [-0.15, -0.1) is 0 Å². The summed E-state index contributed by atoms with van der Waals surface area (Å²) in [6.45, 7) is 24.4. The molecule has 0 aromatic rings. The molecule has 0 heterocycles. The van der Waals surface area contributed by atoms with Crippen molar-refractivity contribution in [1.29, 1.82) is 0 Å². The van der Waals surface area contributed by atoms with Crippen molar-refractivity contribution in [3.05, 3.63) is 43.4 Å². The molecule has 1 radical (unpaired) electrons. The van der Waals surface area contributed by atoms with Gasteiger partial charge >= 0.3 is 0 Å². The van der Waals surface area contributed by atoms with Crippen LogP contribution in [0.3, 0.4) is 0 Å². The lowest BCUT2D eigenvalue weighted by Gasteiger charge is -2.29. The Morgan fingerprint density at radius 3 is 1.15 bits per heavy atom. The molecule has 0 aromatic carbocycles. The smallest absolute Gasteiger partial charge is 0.0671 e. The molecule has 115 valence electrons. The standard InChI is InChI=1S/C17H29O3/c1-14(2)8-18-11-17(7,12-19-9-15(3)4)13-20-10-16(5)6/h1,3,5,7-13H2,2,4,6H3. The Morgan fingerprint density at radius 2 is 0.950 bits per heavy atom. The Labute approximate surface area is 124 Å². The molecule has 0 unspecified atom stereocenters. The Hall–Kier alpha value is -0.900. The molecule has 3 heteroatoms. The third-order valence-electron chi connectivity index (χ3n) is 2.27. The van der Waals surface area contributed by atoms with Crippen molar-refractivity contribution in [2.24, 2.45) is 5.41 Å². The summed E-state index contributed by atoms with van der Waals surface area (Å²) in [6.07, 6.45) is 0. The first kappa shape index (κ1) is 19.1. The normalized spacial score (nSPS) is 11.4. The van der Waals surface area contributed by atoms with Crippen LogP contribution in [0.15, 0.2) is 36.5 Å². The summed E-state index contributed by atoms with van der Waals surface area (Å²) in [5.41, 5.74) is 2.52. The third kappa shape index (κ3) is 11.0. The minimum Gasteiger partial charge on any atom is -0.376 e. The monoisotopic (exact) mass is 281 g/mol. The van der Waals surface area contributed by atoms with E-state index in [2.05, 4.69) is 26.7 Å². The first-order valence-electron chi connectivity index (χ1n) is 6.77. The number of ether oxygens (including phenoxy) is 3. The van der Waals surface area contributed by atoms with Crippen molar-refractivity contribution in [3.63, 3.8) is 0 Å². The lowest BCUT2D eigenvalue weighted by Crippen LogP contribution is -2.35. The molecule has 0 aromatic heterocycles. The largest absolute Gasteiger partial charge is 0.376 e. The SMILES string of the molecule is [CH2]C(COCC(=C)C)(COCC(=C)C)COCC(=C)C. The highest BCUT2D eigenvalue weighted by atomic mass is 16.5. The van der Waals surface area contributed by atoms with Crippen molar-refractivity contribution in [2.75, 3.05) is 39.6 Å². The number of rotatable bonds is 12. The van der Waals surface area contributed by atoms with Gasteiger partial charge in [0, 0.05) is 5.41 Å². The van der Waals surface area contributed by atoms with Crippen LogP contribution in [0.2, 0.25) is 0 Å². The fourth-order valence-corrected chi connectivity index (χ4v) is 1.45. The molecular weight excluding hydrogens is 252 g/mol. The summed E-state index contributed by atoms with van der Waals surface area (Å²) in [5.74, 6) is 0. The van der Waals surface area contributed by atoms with Crippen molar-refractivity contribution in [2.45, 2.75) is 20.8 Å². The van der Waals surface area contributed by atoms with Crippen LogP contribution in [0, 0.1) is 12.3 Å². The molecule has 0 bridgehead atoms. The molecule has 0 saturated carbocycles. The van der Waals surface area contributed by atoms with Gasteiger partial charge in [-0.25, -0.2) is 0 Å². The van der Waals surface area contributed by atoms with E-state index in [1.165, 1.54) is 0 Å². The molecule has 0 aliphatic heterocycles. The summed E-state index contributed by atoms with van der Waals surface area (Å²) < 4.78 is 16.8. The second kappa shape index (κ2) is 9.92. The minimum absolute atomic E-state index is 0.430. The zero-order chi connectivity index (χ0) is 15.6. The topological polar surface area (TPSA) is 27.7 Å². The van der Waals surface area contributed by atoms with Crippen LogP contribution >= 0.6 is 0 Å². The van der Waals surface area contributed by atoms with Gasteiger partial charge in [-0.1, -0.05) is 36.5 Å². The van der Waals surface area contributed by atoms with Gasteiger partial charge in [0.25, 0.3) is 0 Å². The van der Waals surface area contributed by atoms with E-state index in [-0.39, 0.29) is 0 Å². The average Bonchev–Trinajstić information content (AvgIpc) is 2.27. The van der Waals surface area contributed by atoms with E-state index in [4.69, 9.17) is 14.2 Å². The Morgan fingerprint density at radius 1 is 0.700 bits per heavy atom. The molecule has 0 atom stereocenters. The first-order chi connectivity index (χ1) is 9.25. The van der Waals surface area contributed by atoms with E-state index in [1.54, 1.807) is 0 Å². The molecule has 0 rings (SSSR count). The highest BCUT2D eigenvalue weighted by molar-refractivity contribution is 4.92. The summed E-state index contributed by atoms with van der Waals surface area (Å²) in [7, 11) is 0. The van der Waals surface area contributed by atoms with Gasteiger partial charge in [0.1, 0.15) is 0 Å². The van der Waals surface area contributed by atoms with Crippen molar-refractivity contribution in [3.8, 4) is 0 Å². The van der Waals surface area contributed by atoms with Crippen LogP contribution in [0.25, 0.3) is 0 Å². The predicted octanol–water partition coefficient (Wildman–Crippen LogP) is 3.58. The molecule has 0 spiro atoms. The minimum atomic E-state index is -0.430. The van der Waals surface area contributed by atoms with Gasteiger partial charge in [0.2, 0.25) is 0 Å². The van der Waals surface area contributed by atoms with Crippen molar-refractivity contribution in [1.82, 2.24) is 0 Å². The second-order valence-corrected chi connectivity index (χ2v) is 5.85. The highest BCUT2D eigenvalue weighted by Gasteiger charge is 2.26. The molecule has 0 fully saturated rings. The van der Waals surface area contributed by atoms with Crippen LogP contribution in [-0.2, 0) is 14.2 Å². The van der Waals surface area contributed by atoms with Crippen LogP contribution in [0.4, 0.5) is 0 Å². The molecule has 0 amide bonds. The maximum Gasteiger partial charge on any atom is 0.0671 e. The molecule has 0 N–H and O–H groups in total. The second-order valence-electron chi connectivity index (χ2n) is 5.85. The molecule has 0 aliphatic carbocycles. The number of hydrogen-bond acceptors (Lipinski definition) is 3. The maximum atomic E-state index is 5.61. The summed E-state index contributed by atoms with van der Waals surface area (Å²) in [6, 6.07) is 0. The van der Waals surface area contributed by atoms with E-state index in [1.807, 2.05) is 20.8 Å². The lowest BCUT2D eigenvalue weighted by atomic mass is 9.94. The van der Waals surface area contributed by atoms with E-state index in [0.717, 1.165) is 16.7 Å². The van der Waals surface area contributed by atoms with Crippen LogP contribution < -0.4 is 0 Å². The fourth-order valence-electron chi connectivity index (χ4n) is 1.45. The number of hydrogen-bond donors (Lipinski definition) is 0. The Bertz CT molecular complexity index is 281. The van der Waals surface area contributed by atoms with Gasteiger partial charge < -0.3 is 14.2 Å². The quantitative estimate of drug-likeness (QED) is 0.512. The predicted molar refractivity (Wildman–Crippen MR) is 84.7 cm³/mol. The van der Waals surface area contributed by atoms with Gasteiger partial charge in [0.15, 0.2) is 0 Å². The fraction of sp³-hybridized carbons (Fsp3) is 0.588. The van der Waals surface area contributed by atoms with Gasteiger partial charge in [-0.3, -0.25) is 0 Å². The zero-order valence-corrected chi connectivity index (χ0v) is 13.3. The van der Waals surface area contributed by atoms with Gasteiger partial charge in [0.05, 0.1) is 39.6 Å². The van der Waals surface area contributed by atoms with E-state index >= 15 is 0 Å². The van der Waals surface area contributed by atoms with Crippen LogP contribution in [0.1, 0.15) is 20.8 Å². The molecule has 20 heavy (non-hydrogen) atoms. The van der Waals surface area contributed by atoms with Gasteiger partial charge in [-0.2, -0.15) is 0 Å². The Kier molecular flexibility index (Phi) is 9.47. The first-order valence-corrected chi connectivity index (χ1v) is 6.77. The molecular formula is C17H29O3. The highest BCUT2D eigenvalue weighted by Crippen LogP contribution is 2.19. The van der Waals surface area contributed by atoms with E-state index < -0.39 is 5.41 Å². The molecule has 0 aliphatic rings. The summed E-state index contributed by atoms with van der Waals surface area (Å²) in [4.78, 5) is 0. The van der Waals surface area contributed by atoms with Crippen LogP contribution in [-0.4, -0.2) is 39.6 Å². The lowest BCUT2D eigenvalue weighted by molar-refractivity contribution is -0.0345. The van der Waals surface area contributed by atoms with E-state index in [0.29, 0.717) is 39.6 Å². The van der Waals surface area contributed by atoms with Crippen molar-refractivity contribution >= 4 is 0 Å². The van der Waals surface area contributed by atoms with Gasteiger partial charge in [-0.05, 0) is 27.7 Å². The summed E-state index contributed by atoms with van der Waals surface area (Å²) >= 11 is 0. The van der Waals surface area contributed by atoms with Crippen LogP contribution in [0.5, 0.6) is 0 Å². The zero-order valence-electron chi connectivity index (χ0n) is 13.3. The average molecular weight is 281 g/mol. The van der Waals surface area contributed by atoms with E-state index in [9.17, 15) is 0 Å². The maximum absolute atomic E-state index is 5.61. The van der Waals surface area contributed by atoms with Crippen molar-refractivity contribution < 1.29 is 14.2 Å². The Balaban J connectivity index is 4.28. The molecule has 3 nitrogen and oxygen atoms in total.